The summed E-state index contributed by atoms with van der Waals surface area (Å²) in [7, 11) is 0. The molecular weight excluding hydrogens is 160 g/mol. The zero-order chi connectivity index (χ0) is 9.47. The molecule has 0 aromatic heterocycles. The highest BCUT2D eigenvalue weighted by atomic mass is 16.3. The van der Waals surface area contributed by atoms with Gasteiger partial charge in [-0.15, -0.1) is 0 Å². The zero-order valence-electron chi connectivity index (χ0n) is 8.92. The molecule has 0 spiro atoms. The summed E-state index contributed by atoms with van der Waals surface area (Å²) in [6.07, 6.45) is 7.72. The molecule has 2 aliphatic carbocycles. The number of rotatable bonds is 2. The van der Waals surface area contributed by atoms with Gasteiger partial charge in [0.1, 0.15) is 0 Å². The van der Waals surface area contributed by atoms with Gasteiger partial charge in [0.15, 0.2) is 0 Å². The lowest BCUT2D eigenvalue weighted by Gasteiger charge is -2.36. The van der Waals surface area contributed by atoms with E-state index < -0.39 is 0 Å². The lowest BCUT2D eigenvalue weighted by molar-refractivity contribution is 0.0423. The fraction of sp³-hybridized carbons (Fsp3) is 1.00. The Labute approximate surface area is 81.5 Å². The molecule has 13 heavy (non-hydrogen) atoms. The zero-order valence-corrected chi connectivity index (χ0v) is 8.92. The molecule has 0 heterocycles. The Kier molecular flexibility index (Phi) is 2.39. The van der Waals surface area contributed by atoms with E-state index in [0.717, 1.165) is 0 Å². The van der Waals surface area contributed by atoms with E-state index >= 15 is 0 Å². The first-order valence-corrected chi connectivity index (χ1v) is 5.76. The molecule has 0 aromatic rings. The lowest BCUT2D eigenvalue weighted by Crippen LogP contribution is -2.30. The summed E-state index contributed by atoms with van der Waals surface area (Å²) in [4.78, 5) is 0. The minimum absolute atomic E-state index is 0.0381. The summed E-state index contributed by atoms with van der Waals surface area (Å²) in [5.41, 5.74) is 0.541. The molecule has 2 saturated carbocycles. The van der Waals surface area contributed by atoms with E-state index in [1.165, 1.54) is 38.5 Å². The molecule has 2 aliphatic rings. The van der Waals surface area contributed by atoms with Crippen molar-refractivity contribution in [3.05, 3.63) is 0 Å². The topological polar surface area (TPSA) is 20.2 Å². The molecule has 0 radical (unpaired) electrons. The maximum Gasteiger partial charge on any atom is 0.0596 e. The van der Waals surface area contributed by atoms with Crippen LogP contribution in [0.25, 0.3) is 0 Å². The summed E-state index contributed by atoms with van der Waals surface area (Å²) < 4.78 is 0. The number of aliphatic hydroxyl groups is 1. The molecule has 76 valence electrons. The van der Waals surface area contributed by atoms with Crippen LogP contribution in [0, 0.1) is 17.3 Å². The third kappa shape index (κ3) is 2.25. The molecule has 0 amide bonds. The van der Waals surface area contributed by atoms with Crippen LogP contribution in [-0.2, 0) is 0 Å². The Morgan fingerprint density at radius 3 is 1.92 bits per heavy atom. The van der Waals surface area contributed by atoms with Crippen molar-refractivity contribution in [2.45, 2.75) is 58.5 Å². The molecule has 1 atom stereocenters. The van der Waals surface area contributed by atoms with Crippen molar-refractivity contribution in [1.82, 2.24) is 0 Å². The van der Waals surface area contributed by atoms with Gasteiger partial charge in [0.05, 0.1) is 6.10 Å². The van der Waals surface area contributed by atoms with E-state index in [1.807, 2.05) is 0 Å². The minimum atomic E-state index is 0.0381. The number of hydrogen-bond donors (Lipinski definition) is 1. The Morgan fingerprint density at radius 2 is 1.46 bits per heavy atom. The van der Waals surface area contributed by atoms with E-state index in [1.54, 1.807) is 0 Å². The smallest absolute Gasteiger partial charge is 0.0596 e. The van der Waals surface area contributed by atoms with Crippen LogP contribution >= 0.6 is 0 Å². The lowest BCUT2D eigenvalue weighted by atomic mass is 9.71. The normalized spacial score (nSPS) is 31.6. The average molecular weight is 182 g/mol. The fourth-order valence-corrected chi connectivity index (χ4v) is 2.59. The summed E-state index contributed by atoms with van der Waals surface area (Å²) >= 11 is 0. The van der Waals surface area contributed by atoms with Crippen molar-refractivity contribution in [3.8, 4) is 0 Å². The minimum Gasteiger partial charge on any atom is -0.393 e. The van der Waals surface area contributed by atoms with Gasteiger partial charge in [-0.1, -0.05) is 13.8 Å². The third-order valence-electron chi connectivity index (χ3n) is 3.97. The summed E-state index contributed by atoms with van der Waals surface area (Å²) in [5.74, 6) is 1.30. The van der Waals surface area contributed by atoms with Crippen molar-refractivity contribution < 1.29 is 5.11 Å². The Balaban J connectivity index is 1.83. The van der Waals surface area contributed by atoms with Crippen LogP contribution in [0.1, 0.15) is 52.4 Å². The van der Waals surface area contributed by atoms with E-state index in [-0.39, 0.29) is 6.10 Å². The SMILES string of the molecule is CC1(C)CCC(C(O)C2CC2)CC1. The van der Waals surface area contributed by atoms with Crippen molar-refractivity contribution >= 4 is 0 Å². The van der Waals surface area contributed by atoms with Crippen LogP contribution in [-0.4, -0.2) is 11.2 Å². The van der Waals surface area contributed by atoms with Crippen LogP contribution in [0.4, 0.5) is 0 Å². The molecular formula is C12H22O. The van der Waals surface area contributed by atoms with E-state index in [2.05, 4.69) is 13.8 Å². The van der Waals surface area contributed by atoms with Gasteiger partial charge in [0, 0.05) is 0 Å². The predicted molar refractivity (Wildman–Crippen MR) is 54.5 cm³/mol. The van der Waals surface area contributed by atoms with Crippen molar-refractivity contribution in [3.63, 3.8) is 0 Å². The van der Waals surface area contributed by atoms with E-state index in [0.29, 0.717) is 17.3 Å². The van der Waals surface area contributed by atoms with Gasteiger partial charge in [0.2, 0.25) is 0 Å². The first kappa shape index (κ1) is 9.51. The monoisotopic (exact) mass is 182 g/mol. The standard InChI is InChI=1S/C12H22O/c1-12(2)7-5-10(6-8-12)11(13)9-3-4-9/h9-11,13H,3-8H2,1-2H3. The van der Waals surface area contributed by atoms with Crippen LogP contribution in [0.5, 0.6) is 0 Å². The highest BCUT2D eigenvalue weighted by Crippen LogP contribution is 2.44. The second-order valence-corrected chi connectivity index (χ2v) is 5.83. The van der Waals surface area contributed by atoms with Crippen LogP contribution in [0.2, 0.25) is 0 Å². The molecule has 2 rings (SSSR count). The highest BCUT2D eigenvalue weighted by Gasteiger charge is 2.38. The second-order valence-electron chi connectivity index (χ2n) is 5.83. The van der Waals surface area contributed by atoms with Gasteiger partial charge >= 0.3 is 0 Å². The summed E-state index contributed by atoms with van der Waals surface area (Å²) in [6, 6.07) is 0. The van der Waals surface area contributed by atoms with Gasteiger partial charge < -0.3 is 5.11 Å². The summed E-state index contributed by atoms with van der Waals surface area (Å²) in [5, 5.41) is 9.98. The van der Waals surface area contributed by atoms with Gasteiger partial charge in [-0.3, -0.25) is 0 Å². The average Bonchev–Trinajstić information content (AvgIpc) is 2.85. The first-order chi connectivity index (χ1) is 6.08. The molecule has 2 fully saturated rings. The predicted octanol–water partition coefficient (Wildman–Crippen LogP) is 2.97. The van der Waals surface area contributed by atoms with Gasteiger partial charge in [-0.05, 0) is 55.8 Å². The molecule has 0 bridgehead atoms. The van der Waals surface area contributed by atoms with Crippen LogP contribution in [0.3, 0.4) is 0 Å². The molecule has 1 heteroatoms. The van der Waals surface area contributed by atoms with Gasteiger partial charge in [-0.2, -0.15) is 0 Å². The van der Waals surface area contributed by atoms with E-state index in [4.69, 9.17) is 0 Å². The van der Waals surface area contributed by atoms with Crippen LogP contribution in [0.15, 0.2) is 0 Å². The number of hydrogen-bond acceptors (Lipinski definition) is 1. The van der Waals surface area contributed by atoms with Crippen LogP contribution < -0.4 is 0 Å². The quantitative estimate of drug-likeness (QED) is 0.696. The van der Waals surface area contributed by atoms with E-state index in [9.17, 15) is 5.11 Å². The summed E-state index contributed by atoms with van der Waals surface area (Å²) in [6.45, 7) is 4.71. The molecule has 0 aromatic carbocycles. The van der Waals surface area contributed by atoms with Crippen molar-refractivity contribution in [1.29, 1.82) is 0 Å². The van der Waals surface area contributed by atoms with Crippen molar-refractivity contribution in [2.75, 3.05) is 0 Å². The molecule has 0 aliphatic heterocycles. The maximum atomic E-state index is 9.98. The Bertz CT molecular complexity index is 172. The Morgan fingerprint density at radius 1 is 1.00 bits per heavy atom. The largest absolute Gasteiger partial charge is 0.393 e. The number of aliphatic hydroxyl groups excluding tert-OH is 1. The molecule has 1 unspecified atom stereocenters. The van der Waals surface area contributed by atoms with Crippen molar-refractivity contribution in [2.24, 2.45) is 17.3 Å². The fourth-order valence-electron chi connectivity index (χ4n) is 2.59. The molecule has 1 N–H and O–H groups in total. The Hall–Kier alpha value is -0.0400. The van der Waals surface area contributed by atoms with Gasteiger partial charge in [-0.25, -0.2) is 0 Å². The highest BCUT2D eigenvalue weighted by molar-refractivity contribution is 4.89. The second kappa shape index (κ2) is 3.27. The third-order valence-corrected chi connectivity index (χ3v) is 3.97. The van der Waals surface area contributed by atoms with Gasteiger partial charge in [0.25, 0.3) is 0 Å². The maximum absolute atomic E-state index is 9.98. The molecule has 1 nitrogen and oxygen atoms in total. The first-order valence-electron chi connectivity index (χ1n) is 5.76. The molecule has 0 saturated heterocycles.